The summed E-state index contributed by atoms with van der Waals surface area (Å²) in [7, 11) is 0. The van der Waals surface area contributed by atoms with Gasteiger partial charge in [0.05, 0.1) is 30.8 Å². The Morgan fingerprint density at radius 2 is 1.68 bits per heavy atom. The van der Waals surface area contributed by atoms with E-state index in [0.717, 1.165) is 54.5 Å². The fourth-order valence-electron chi connectivity index (χ4n) is 3.34. The fourth-order valence-corrected chi connectivity index (χ4v) is 3.34. The van der Waals surface area contributed by atoms with Gasteiger partial charge in [-0.3, -0.25) is 0 Å². The van der Waals surface area contributed by atoms with Crippen LogP contribution < -0.4 is 15.5 Å². The molecule has 0 spiro atoms. The molecule has 0 radical (unpaired) electrons. The van der Waals surface area contributed by atoms with Gasteiger partial charge in [0.1, 0.15) is 0 Å². The molecule has 144 valence electrons. The first kappa shape index (κ1) is 18.2. The number of morpholine rings is 1. The van der Waals surface area contributed by atoms with Crippen molar-refractivity contribution in [2.45, 2.75) is 13.8 Å². The first-order valence-electron chi connectivity index (χ1n) is 9.42. The molecule has 0 bridgehead atoms. The Labute approximate surface area is 164 Å². The van der Waals surface area contributed by atoms with Crippen LogP contribution in [0.5, 0.6) is 0 Å². The number of aromatic nitrogens is 3. The zero-order chi connectivity index (χ0) is 19.3. The highest BCUT2D eigenvalue weighted by molar-refractivity contribution is 5.74. The molecule has 1 aliphatic heterocycles. The molecule has 0 aliphatic carbocycles. The highest BCUT2D eigenvalue weighted by Gasteiger charge is 2.15. The summed E-state index contributed by atoms with van der Waals surface area (Å²) in [5.74, 6) is 1.11. The fraction of sp³-hybridized carbons (Fsp3) is 0.286. The van der Waals surface area contributed by atoms with E-state index in [0.29, 0.717) is 11.8 Å². The average molecular weight is 376 g/mol. The summed E-state index contributed by atoms with van der Waals surface area (Å²) >= 11 is 0. The van der Waals surface area contributed by atoms with Crippen LogP contribution in [0, 0.1) is 13.8 Å². The van der Waals surface area contributed by atoms with E-state index in [1.807, 2.05) is 24.3 Å². The molecule has 1 aliphatic rings. The zero-order valence-electron chi connectivity index (χ0n) is 16.1. The summed E-state index contributed by atoms with van der Waals surface area (Å²) in [6.45, 7) is 7.35. The monoisotopic (exact) mass is 376 g/mol. The predicted octanol–water partition coefficient (Wildman–Crippen LogP) is 3.81. The number of benzene rings is 2. The number of rotatable bonds is 5. The van der Waals surface area contributed by atoms with Gasteiger partial charge in [0.25, 0.3) is 0 Å². The highest BCUT2D eigenvalue weighted by Crippen LogP contribution is 2.29. The molecule has 28 heavy (non-hydrogen) atoms. The largest absolute Gasteiger partial charge is 0.378 e. The van der Waals surface area contributed by atoms with Crippen LogP contribution in [0.3, 0.4) is 0 Å². The standard InChI is InChI=1S/C21H24N6O/c1-15-6-5-7-16(2)20(15)24-19-14-22-26-21(25-19)23-17-8-3-4-9-18(17)27-10-12-28-13-11-27/h3-9,14H,10-13H2,1-2H3,(H2,23,24,25,26). The van der Waals surface area contributed by atoms with Crippen LogP contribution in [0.1, 0.15) is 11.1 Å². The molecule has 3 aromatic rings. The molecule has 2 N–H and O–H groups in total. The van der Waals surface area contributed by atoms with Crippen LogP contribution in [-0.4, -0.2) is 41.5 Å². The van der Waals surface area contributed by atoms with Crippen molar-refractivity contribution in [1.29, 1.82) is 0 Å². The second-order valence-electron chi connectivity index (χ2n) is 6.80. The summed E-state index contributed by atoms with van der Waals surface area (Å²) in [5.41, 5.74) is 5.43. The average Bonchev–Trinajstić information content (AvgIpc) is 2.72. The van der Waals surface area contributed by atoms with Gasteiger partial charge in [0, 0.05) is 18.8 Å². The molecule has 4 rings (SSSR count). The Balaban J connectivity index is 1.56. The molecule has 1 saturated heterocycles. The quantitative estimate of drug-likeness (QED) is 0.701. The van der Waals surface area contributed by atoms with Crippen molar-refractivity contribution in [1.82, 2.24) is 15.2 Å². The summed E-state index contributed by atoms with van der Waals surface area (Å²) in [6, 6.07) is 14.3. The van der Waals surface area contributed by atoms with Gasteiger partial charge < -0.3 is 20.3 Å². The first-order valence-corrected chi connectivity index (χ1v) is 9.42. The van der Waals surface area contributed by atoms with Gasteiger partial charge in [-0.25, -0.2) is 0 Å². The van der Waals surface area contributed by atoms with Crippen molar-refractivity contribution in [3.05, 3.63) is 59.8 Å². The Bertz CT molecular complexity index is 935. The summed E-state index contributed by atoms with van der Waals surface area (Å²) in [6.07, 6.45) is 1.63. The van der Waals surface area contributed by atoms with Gasteiger partial charge in [0.15, 0.2) is 5.82 Å². The number of nitrogens with zero attached hydrogens (tertiary/aromatic N) is 4. The van der Waals surface area contributed by atoms with Crippen LogP contribution in [0.2, 0.25) is 0 Å². The van der Waals surface area contributed by atoms with E-state index in [9.17, 15) is 0 Å². The number of para-hydroxylation sites is 3. The van der Waals surface area contributed by atoms with Crippen LogP contribution in [0.25, 0.3) is 0 Å². The maximum absolute atomic E-state index is 5.47. The Morgan fingerprint density at radius 3 is 2.46 bits per heavy atom. The van der Waals surface area contributed by atoms with E-state index in [1.165, 1.54) is 0 Å². The third-order valence-corrected chi connectivity index (χ3v) is 4.80. The molecule has 2 heterocycles. The molecule has 1 fully saturated rings. The second kappa shape index (κ2) is 8.22. The molecule has 0 atom stereocenters. The van der Waals surface area contributed by atoms with Gasteiger partial charge in [-0.2, -0.15) is 10.1 Å². The van der Waals surface area contributed by atoms with E-state index < -0.39 is 0 Å². The van der Waals surface area contributed by atoms with Crippen LogP contribution in [-0.2, 0) is 4.74 Å². The summed E-state index contributed by atoms with van der Waals surface area (Å²) < 4.78 is 5.47. The molecule has 2 aromatic carbocycles. The predicted molar refractivity (Wildman–Crippen MR) is 112 cm³/mol. The number of hydrogen-bond acceptors (Lipinski definition) is 7. The van der Waals surface area contributed by atoms with Crippen LogP contribution in [0.15, 0.2) is 48.7 Å². The molecule has 1 aromatic heterocycles. The van der Waals surface area contributed by atoms with Gasteiger partial charge in [-0.05, 0) is 37.1 Å². The lowest BCUT2D eigenvalue weighted by molar-refractivity contribution is 0.123. The maximum Gasteiger partial charge on any atom is 0.249 e. The number of anilines is 5. The smallest absolute Gasteiger partial charge is 0.249 e. The summed E-state index contributed by atoms with van der Waals surface area (Å²) in [5, 5.41) is 14.9. The molecule has 0 saturated carbocycles. The molecular formula is C21H24N6O. The first-order chi connectivity index (χ1) is 13.7. The molecular weight excluding hydrogens is 352 g/mol. The lowest BCUT2D eigenvalue weighted by Crippen LogP contribution is -2.36. The van der Waals surface area contributed by atoms with Gasteiger partial charge >= 0.3 is 0 Å². The second-order valence-corrected chi connectivity index (χ2v) is 6.80. The van der Waals surface area contributed by atoms with Gasteiger partial charge in [-0.15, -0.1) is 5.10 Å². The van der Waals surface area contributed by atoms with Gasteiger partial charge in [0.2, 0.25) is 5.95 Å². The van der Waals surface area contributed by atoms with E-state index >= 15 is 0 Å². The van der Waals surface area contributed by atoms with Crippen LogP contribution in [0.4, 0.5) is 28.8 Å². The molecule has 7 nitrogen and oxygen atoms in total. The van der Waals surface area contributed by atoms with Crippen LogP contribution >= 0.6 is 0 Å². The molecule has 0 amide bonds. The Morgan fingerprint density at radius 1 is 0.929 bits per heavy atom. The number of aryl methyl sites for hydroxylation is 2. The Kier molecular flexibility index (Phi) is 5.34. The summed E-state index contributed by atoms with van der Waals surface area (Å²) in [4.78, 5) is 6.90. The molecule has 0 unspecified atom stereocenters. The minimum absolute atomic E-state index is 0.456. The van der Waals surface area contributed by atoms with Crippen molar-refractivity contribution in [3.8, 4) is 0 Å². The Hall–Kier alpha value is -3.19. The lowest BCUT2D eigenvalue weighted by Gasteiger charge is -2.30. The minimum Gasteiger partial charge on any atom is -0.378 e. The lowest BCUT2D eigenvalue weighted by atomic mass is 10.1. The third-order valence-electron chi connectivity index (χ3n) is 4.80. The topological polar surface area (TPSA) is 75.2 Å². The van der Waals surface area contributed by atoms with Crippen molar-refractivity contribution in [3.63, 3.8) is 0 Å². The highest BCUT2D eigenvalue weighted by atomic mass is 16.5. The zero-order valence-corrected chi connectivity index (χ0v) is 16.1. The van der Waals surface area contributed by atoms with E-state index in [-0.39, 0.29) is 0 Å². The van der Waals surface area contributed by atoms with E-state index in [2.05, 4.69) is 62.8 Å². The SMILES string of the molecule is Cc1cccc(C)c1Nc1cnnc(Nc2ccccc2N2CCOCC2)n1. The third kappa shape index (κ3) is 4.04. The normalized spacial score (nSPS) is 14.0. The number of nitrogens with one attached hydrogen (secondary N) is 2. The van der Waals surface area contributed by atoms with E-state index in [4.69, 9.17) is 4.74 Å². The molecule has 7 heteroatoms. The van der Waals surface area contributed by atoms with Crippen molar-refractivity contribution in [2.75, 3.05) is 41.8 Å². The van der Waals surface area contributed by atoms with Crippen molar-refractivity contribution in [2.24, 2.45) is 0 Å². The van der Waals surface area contributed by atoms with Crippen molar-refractivity contribution < 1.29 is 4.74 Å². The number of ether oxygens (including phenoxy) is 1. The van der Waals surface area contributed by atoms with Gasteiger partial charge in [-0.1, -0.05) is 30.3 Å². The van der Waals surface area contributed by atoms with E-state index in [1.54, 1.807) is 6.20 Å². The minimum atomic E-state index is 0.456. The van der Waals surface area contributed by atoms with Crippen molar-refractivity contribution >= 4 is 28.8 Å². The number of hydrogen-bond donors (Lipinski definition) is 2. The maximum atomic E-state index is 5.47.